The molecule has 7 nitrogen and oxygen atoms in total. The number of aromatic amines is 1. The van der Waals surface area contributed by atoms with Crippen molar-refractivity contribution >= 4 is 27.5 Å². The maximum atomic E-state index is 11.9. The van der Waals surface area contributed by atoms with E-state index in [9.17, 15) is 18.0 Å². The Morgan fingerprint density at radius 3 is 2.52 bits per heavy atom. The molecule has 0 aliphatic rings. The number of H-pyrrole nitrogens is 1. The Balaban J connectivity index is 0.000000210. The van der Waals surface area contributed by atoms with Gasteiger partial charge in [0.25, 0.3) is 0 Å². The highest BCUT2D eigenvalue weighted by Crippen LogP contribution is 2.29. The Labute approximate surface area is 179 Å². The van der Waals surface area contributed by atoms with Crippen LogP contribution in [0.3, 0.4) is 0 Å². The molecule has 0 aliphatic heterocycles. The van der Waals surface area contributed by atoms with Gasteiger partial charge < -0.3 is 16.0 Å². The predicted octanol–water partition coefficient (Wildman–Crippen LogP) is 3.77. The maximum absolute atomic E-state index is 11.9. The summed E-state index contributed by atoms with van der Waals surface area (Å²) < 4.78 is 37.3. The van der Waals surface area contributed by atoms with Crippen molar-refractivity contribution in [3.05, 3.63) is 64.1 Å². The second-order valence-corrected chi connectivity index (χ2v) is 7.69. The number of alkyl halides is 3. The normalized spacial score (nSPS) is 11.3. The van der Waals surface area contributed by atoms with E-state index < -0.39 is 11.7 Å². The molecule has 4 N–H and O–H groups in total. The summed E-state index contributed by atoms with van der Waals surface area (Å²) >= 11 is 1.46. The average molecular weight is 450 g/mol. The summed E-state index contributed by atoms with van der Waals surface area (Å²) in [7, 11) is 1.74. The molecule has 0 fully saturated rings. The number of aromatic nitrogens is 4. The van der Waals surface area contributed by atoms with E-state index in [0.29, 0.717) is 13.1 Å². The number of imidazole rings is 1. The van der Waals surface area contributed by atoms with E-state index in [1.807, 2.05) is 18.2 Å². The molecule has 0 unspecified atom stereocenters. The number of aryl methyl sites for hydroxylation is 2. The summed E-state index contributed by atoms with van der Waals surface area (Å²) in [6.07, 6.45) is -4.21. The van der Waals surface area contributed by atoms with Crippen molar-refractivity contribution in [1.82, 2.24) is 19.7 Å². The van der Waals surface area contributed by atoms with E-state index in [0.717, 1.165) is 44.4 Å². The zero-order chi connectivity index (χ0) is 22.6. The van der Waals surface area contributed by atoms with Gasteiger partial charge in [0.2, 0.25) is 5.13 Å². The highest BCUT2D eigenvalue weighted by molar-refractivity contribution is 7.18. The van der Waals surface area contributed by atoms with Crippen molar-refractivity contribution in [2.24, 2.45) is 12.8 Å². The fourth-order valence-corrected chi connectivity index (χ4v) is 3.45. The van der Waals surface area contributed by atoms with E-state index in [1.54, 1.807) is 18.5 Å². The molecular weight excluding hydrogens is 429 g/mol. The molecule has 0 saturated heterocycles. The molecule has 0 bridgehead atoms. The largest absolute Gasteiger partial charge is 0.416 e. The second-order valence-electron chi connectivity index (χ2n) is 6.71. The summed E-state index contributed by atoms with van der Waals surface area (Å²) in [5.41, 5.74) is 8.14. The van der Waals surface area contributed by atoms with Crippen molar-refractivity contribution in [3.63, 3.8) is 0 Å². The van der Waals surface area contributed by atoms with Crippen LogP contribution in [0.2, 0.25) is 0 Å². The lowest BCUT2D eigenvalue weighted by Crippen LogP contribution is -2.12. The molecule has 2 heterocycles. The third-order valence-electron chi connectivity index (χ3n) is 4.38. The molecule has 2 aromatic heterocycles. The van der Waals surface area contributed by atoms with Crippen LogP contribution in [0.4, 0.5) is 18.3 Å². The first-order valence-corrected chi connectivity index (χ1v) is 10.1. The molecule has 0 saturated carbocycles. The van der Waals surface area contributed by atoms with Crippen LogP contribution in [0.5, 0.6) is 0 Å². The number of hydrogen-bond donors (Lipinski definition) is 3. The molecule has 164 valence electrons. The molecule has 0 amide bonds. The summed E-state index contributed by atoms with van der Waals surface area (Å²) in [5, 5.41) is 12.9. The van der Waals surface area contributed by atoms with Gasteiger partial charge in [0.15, 0.2) is 0 Å². The Bertz CT molecular complexity index is 1210. The highest BCUT2D eigenvalue weighted by Gasteiger charge is 2.29. The summed E-state index contributed by atoms with van der Waals surface area (Å²) in [6, 6.07) is 10.8. The molecule has 0 atom stereocenters. The molecule has 2 aromatic carbocycles. The van der Waals surface area contributed by atoms with Gasteiger partial charge in [-0.05, 0) is 37.3 Å². The summed E-state index contributed by atoms with van der Waals surface area (Å²) in [4.78, 5) is 14.4. The van der Waals surface area contributed by atoms with Gasteiger partial charge in [-0.2, -0.15) is 13.2 Å². The zero-order valence-electron chi connectivity index (χ0n) is 16.8. The number of fused-ring (bicyclic) bond motifs is 1. The molecule has 0 radical (unpaired) electrons. The maximum Gasteiger partial charge on any atom is 0.416 e. The van der Waals surface area contributed by atoms with Crippen LogP contribution in [0, 0.1) is 6.92 Å². The first-order valence-electron chi connectivity index (χ1n) is 9.29. The van der Waals surface area contributed by atoms with Crippen LogP contribution in [-0.4, -0.2) is 32.8 Å². The molecule has 0 spiro atoms. The lowest BCUT2D eigenvalue weighted by molar-refractivity contribution is -0.137. The Morgan fingerprint density at radius 2 is 1.87 bits per heavy atom. The van der Waals surface area contributed by atoms with E-state index in [1.165, 1.54) is 23.5 Å². The quantitative estimate of drug-likeness (QED) is 0.439. The van der Waals surface area contributed by atoms with Crippen LogP contribution in [0.25, 0.3) is 21.6 Å². The van der Waals surface area contributed by atoms with Gasteiger partial charge >= 0.3 is 11.9 Å². The fourth-order valence-electron chi connectivity index (χ4n) is 2.69. The standard InChI is InChI=1S/C12H14N6OS.C8H7F3/c1-18-9-6-7(2-3-8(9)15-12(18)19)10-16-17-11(20-10)14-5-4-13;1-6-2-4-7(5-3-6)8(9,10)11/h2-3,6H,4-5,13H2,1H3,(H,14,17)(H,15,19);2-5H,1H3. The van der Waals surface area contributed by atoms with Gasteiger partial charge in [-0.1, -0.05) is 29.0 Å². The van der Waals surface area contributed by atoms with Gasteiger partial charge in [-0.3, -0.25) is 4.57 Å². The van der Waals surface area contributed by atoms with Crippen LogP contribution in [-0.2, 0) is 13.2 Å². The third-order valence-corrected chi connectivity index (χ3v) is 5.31. The molecule has 4 rings (SSSR count). The summed E-state index contributed by atoms with van der Waals surface area (Å²) in [6.45, 7) is 2.96. The van der Waals surface area contributed by atoms with Gasteiger partial charge in [0.05, 0.1) is 16.6 Å². The highest BCUT2D eigenvalue weighted by atomic mass is 32.1. The third kappa shape index (κ3) is 5.50. The minimum absolute atomic E-state index is 0.125. The van der Waals surface area contributed by atoms with Gasteiger partial charge in [0.1, 0.15) is 5.01 Å². The minimum atomic E-state index is -4.21. The summed E-state index contributed by atoms with van der Waals surface area (Å²) in [5.74, 6) is 0. The molecule has 4 aromatic rings. The minimum Gasteiger partial charge on any atom is -0.359 e. The molecular formula is C20H21F3N6OS. The van der Waals surface area contributed by atoms with Crippen LogP contribution >= 0.6 is 11.3 Å². The molecule has 0 aliphatic carbocycles. The van der Waals surface area contributed by atoms with E-state index in [-0.39, 0.29) is 5.69 Å². The number of nitrogens with two attached hydrogens (primary N) is 1. The monoisotopic (exact) mass is 450 g/mol. The van der Waals surface area contributed by atoms with Crippen molar-refractivity contribution < 1.29 is 13.2 Å². The number of rotatable bonds is 4. The van der Waals surface area contributed by atoms with E-state index >= 15 is 0 Å². The number of anilines is 1. The Kier molecular flexibility index (Phi) is 6.76. The number of benzene rings is 2. The smallest absolute Gasteiger partial charge is 0.359 e. The van der Waals surface area contributed by atoms with Gasteiger partial charge in [-0.25, -0.2) is 4.79 Å². The first-order chi connectivity index (χ1) is 14.7. The van der Waals surface area contributed by atoms with Crippen LogP contribution in [0.15, 0.2) is 47.3 Å². The average Bonchev–Trinajstić information content (AvgIpc) is 3.31. The van der Waals surface area contributed by atoms with Crippen molar-refractivity contribution in [2.45, 2.75) is 13.1 Å². The number of nitrogens with zero attached hydrogens (tertiary/aromatic N) is 3. The molecule has 11 heteroatoms. The van der Waals surface area contributed by atoms with Crippen LogP contribution in [0.1, 0.15) is 11.1 Å². The number of nitrogens with one attached hydrogen (secondary N) is 2. The van der Waals surface area contributed by atoms with Gasteiger partial charge in [0, 0.05) is 25.7 Å². The SMILES string of the molecule is Cc1ccc(C(F)(F)F)cc1.Cn1c(=O)[nH]c2ccc(-c3nnc(NCCN)s3)cc21. The fraction of sp³-hybridized carbons (Fsp3) is 0.250. The second kappa shape index (κ2) is 9.31. The van der Waals surface area contributed by atoms with E-state index in [4.69, 9.17) is 5.73 Å². The van der Waals surface area contributed by atoms with Crippen molar-refractivity contribution in [3.8, 4) is 10.6 Å². The molecule has 31 heavy (non-hydrogen) atoms. The Hall–Kier alpha value is -3.18. The predicted molar refractivity (Wildman–Crippen MR) is 116 cm³/mol. The topological polar surface area (TPSA) is 102 Å². The zero-order valence-corrected chi connectivity index (χ0v) is 17.6. The first kappa shape index (κ1) is 22.5. The number of halogens is 3. The van der Waals surface area contributed by atoms with Crippen LogP contribution < -0.4 is 16.7 Å². The lowest BCUT2D eigenvalue weighted by Gasteiger charge is -2.05. The lowest BCUT2D eigenvalue weighted by atomic mass is 10.1. The Morgan fingerprint density at radius 1 is 1.16 bits per heavy atom. The van der Waals surface area contributed by atoms with Gasteiger partial charge in [-0.15, -0.1) is 10.2 Å². The van der Waals surface area contributed by atoms with Crippen molar-refractivity contribution in [2.75, 3.05) is 18.4 Å². The number of hydrogen-bond acceptors (Lipinski definition) is 6. The van der Waals surface area contributed by atoms with Crippen molar-refractivity contribution in [1.29, 1.82) is 0 Å². The van der Waals surface area contributed by atoms with E-state index in [2.05, 4.69) is 20.5 Å².